The standard InChI is InChI=1S/C49H95NO5/c1-3-5-7-9-11-13-15-23-27-31-35-39-43-49(54)55-44-40-36-32-28-24-21-19-17-16-18-20-22-26-30-34-38-42-48(53)50-46(45-51)47(52)41-37-33-29-25-14-12-10-8-6-4-2/h16,18,46-47,51-52H,3-15,17,19-45H2,1-2H3,(H,50,53)/b18-16-. The Bertz CT molecular complexity index is 817. The molecule has 0 saturated heterocycles. The van der Waals surface area contributed by atoms with E-state index in [-0.39, 0.29) is 18.5 Å². The molecule has 55 heavy (non-hydrogen) atoms. The van der Waals surface area contributed by atoms with Gasteiger partial charge in [-0.05, 0) is 51.4 Å². The molecule has 0 aromatic heterocycles. The number of esters is 1. The average Bonchev–Trinajstić information content (AvgIpc) is 3.18. The fourth-order valence-corrected chi connectivity index (χ4v) is 7.51. The highest BCUT2D eigenvalue weighted by Gasteiger charge is 2.20. The van der Waals surface area contributed by atoms with Crippen LogP contribution >= 0.6 is 0 Å². The minimum atomic E-state index is -0.671. The van der Waals surface area contributed by atoms with E-state index in [0.717, 1.165) is 64.2 Å². The van der Waals surface area contributed by atoms with Crippen LogP contribution in [0.5, 0.6) is 0 Å². The number of unbranched alkanes of at least 4 members (excludes halogenated alkanes) is 32. The van der Waals surface area contributed by atoms with Gasteiger partial charge in [-0.1, -0.05) is 212 Å². The number of carbonyl (C=O) groups excluding carboxylic acids is 2. The van der Waals surface area contributed by atoms with Crippen LogP contribution in [0.4, 0.5) is 0 Å². The van der Waals surface area contributed by atoms with Crippen molar-refractivity contribution in [3.63, 3.8) is 0 Å². The summed E-state index contributed by atoms with van der Waals surface area (Å²) in [7, 11) is 0. The van der Waals surface area contributed by atoms with Crippen LogP contribution in [0.2, 0.25) is 0 Å². The molecule has 0 aromatic carbocycles. The number of aliphatic hydroxyl groups is 2. The van der Waals surface area contributed by atoms with Crippen molar-refractivity contribution in [2.75, 3.05) is 13.2 Å². The van der Waals surface area contributed by atoms with Crippen LogP contribution in [0.3, 0.4) is 0 Å². The topological polar surface area (TPSA) is 95.9 Å². The van der Waals surface area contributed by atoms with Crippen molar-refractivity contribution in [1.29, 1.82) is 0 Å². The third-order valence-corrected chi connectivity index (χ3v) is 11.3. The van der Waals surface area contributed by atoms with Gasteiger partial charge < -0.3 is 20.3 Å². The second-order valence-corrected chi connectivity index (χ2v) is 16.8. The molecule has 0 aliphatic carbocycles. The second-order valence-electron chi connectivity index (χ2n) is 16.8. The summed E-state index contributed by atoms with van der Waals surface area (Å²) in [6.07, 6.45) is 50.3. The van der Waals surface area contributed by atoms with Gasteiger partial charge in [0.25, 0.3) is 0 Å². The van der Waals surface area contributed by atoms with Gasteiger partial charge in [-0.25, -0.2) is 0 Å². The molecule has 0 rings (SSSR count). The quantitative estimate of drug-likeness (QED) is 0.0325. The Morgan fingerprint density at radius 3 is 1.29 bits per heavy atom. The lowest BCUT2D eigenvalue weighted by molar-refractivity contribution is -0.143. The first-order valence-electron chi connectivity index (χ1n) is 24.4. The molecular weight excluding hydrogens is 683 g/mol. The van der Waals surface area contributed by atoms with Gasteiger partial charge in [0.05, 0.1) is 25.4 Å². The van der Waals surface area contributed by atoms with Crippen molar-refractivity contribution < 1.29 is 24.5 Å². The van der Waals surface area contributed by atoms with Gasteiger partial charge in [-0.2, -0.15) is 0 Å². The smallest absolute Gasteiger partial charge is 0.305 e. The number of nitrogens with one attached hydrogen (secondary N) is 1. The summed E-state index contributed by atoms with van der Waals surface area (Å²) in [6.45, 7) is 4.91. The fraction of sp³-hybridized carbons (Fsp3) is 0.918. The molecule has 6 heteroatoms. The molecule has 326 valence electrons. The summed E-state index contributed by atoms with van der Waals surface area (Å²) < 4.78 is 5.45. The lowest BCUT2D eigenvalue weighted by atomic mass is 10.0. The van der Waals surface area contributed by atoms with Crippen LogP contribution in [0, 0.1) is 0 Å². The molecule has 0 fully saturated rings. The normalized spacial score (nSPS) is 12.7. The van der Waals surface area contributed by atoms with E-state index < -0.39 is 12.1 Å². The number of aliphatic hydroxyl groups excluding tert-OH is 2. The highest BCUT2D eigenvalue weighted by molar-refractivity contribution is 5.76. The summed E-state index contributed by atoms with van der Waals surface area (Å²) in [4.78, 5) is 24.4. The lowest BCUT2D eigenvalue weighted by Gasteiger charge is -2.22. The van der Waals surface area contributed by atoms with E-state index in [4.69, 9.17) is 4.74 Å². The average molecular weight is 778 g/mol. The molecule has 1 amide bonds. The summed E-state index contributed by atoms with van der Waals surface area (Å²) in [6, 6.07) is -0.550. The number of hydrogen-bond acceptors (Lipinski definition) is 5. The monoisotopic (exact) mass is 778 g/mol. The third-order valence-electron chi connectivity index (χ3n) is 11.3. The van der Waals surface area contributed by atoms with Crippen LogP contribution in [-0.4, -0.2) is 47.4 Å². The van der Waals surface area contributed by atoms with Crippen molar-refractivity contribution >= 4 is 11.9 Å². The molecule has 2 unspecified atom stereocenters. The van der Waals surface area contributed by atoms with Gasteiger partial charge in [0.15, 0.2) is 0 Å². The maximum Gasteiger partial charge on any atom is 0.305 e. The number of rotatable bonds is 45. The Hall–Kier alpha value is -1.40. The van der Waals surface area contributed by atoms with Crippen LogP contribution in [-0.2, 0) is 14.3 Å². The van der Waals surface area contributed by atoms with E-state index in [1.807, 2.05) is 0 Å². The number of hydrogen-bond donors (Lipinski definition) is 3. The van der Waals surface area contributed by atoms with Gasteiger partial charge in [0.2, 0.25) is 5.91 Å². The van der Waals surface area contributed by atoms with Crippen LogP contribution in [0.25, 0.3) is 0 Å². The Kier molecular flexibility index (Phi) is 44.2. The van der Waals surface area contributed by atoms with E-state index >= 15 is 0 Å². The molecular formula is C49H95NO5. The third kappa shape index (κ3) is 42.0. The minimum absolute atomic E-state index is 0.00248. The zero-order valence-corrected chi connectivity index (χ0v) is 36.9. The summed E-state index contributed by atoms with van der Waals surface area (Å²) in [5, 5.41) is 23.1. The first-order valence-corrected chi connectivity index (χ1v) is 24.4. The summed E-state index contributed by atoms with van der Waals surface area (Å²) in [5.41, 5.74) is 0. The molecule has 0 aromatic rings. The van der Waals surface area contributed by atoms with Gasteiger partial charge in [0.1, 0.15) is 0 Å². The number of allylic oxidation sites excluding steroid dienone is 2. The Morgan fingerprint density at radius 1 is 0.491 bits per heavy atom. The maximum absolute atomic E-state index is 12.4. The van der Waals surface area contributed by atoms with E-state index in [1.165, 1.54) is 167 Å². The highest BCUT2D eigenvalue weighted by atomic mass is 16.5. The summed E-state index contributed by atoms with van der Waals surface area (Å²) in [5.74, 6) is -0.0562. The Balaban J connectivity index is 3.45. The van der Waals surface area contributed by atoms with Crippen LogP contribution in [0.1, 0.15) is 264 Å². The molecule has 0 heterocycles. The molecule has 0 spiro atoms. The van der Waals surface area contributed by atoms with Crippen molar-refractivity contribution in [3.05, 3.63) is 12.2 Å². The molecule has 6 nitrogen and oxygen atoms in total. The SMILES string of the molecule is CCCCCCCCCCCCCCC(=O)OCCCCCCCCC/C=C\CCCCCCCC(=O)NC(CO)C(O)CCCCCCCCCCCC. The predicted molar refractivity (Wildman–Crippen MR) is 237 cm³/mol. The lowest BCUT2D eigenvalue weighted by Crippen LogP contribution is -2.45. The number of ether oxygens (including phenoxy) is 1. The molecule has 2 atom stereocenters. The first-order chi connectivity index (χ1) is 27.0. The molecule has 0 aliphatic heterocycles. The molecule has 0 saturated carbocycles. The number of amides is 1. The van der Waals surface area contributed by atoms with Crippen LogP contribution < -0.4 is 5.32 Å². The van der Waals surface area contributed by atoms with E-state index in [9.17, 15) is 19.8 Å². The van der Waals surface area contributed by atoms with Crippen LogP contribution in [0.15, 0.2) is 12.2 Å². The molecule has 0 aliphatic rings. The van der Waals surface area contributed by atoms with E-state index in [0.29, 0.717) is 25.9 Å². The van der Waals surface area contributed by atoms with Crippen molar-refractivity contribution in [2.24, 2.45) is 0 Å². The predicted octanol–water partition coefficient (Wildman–Crippen LogP) is 14.2. The zero-order valence-electron chi connectivity index (χ0n) is 36.9. The zero-order chi connectivity index (χ0) is 40.1. The van der Waals surface area contributed by atoms with Gasteiger partial charge in [-0.3, -0.25) is 9.59 Å². The van der Waals surface area contributed by atoms with Gasteiger partial charge in [0, 0.05) is 12.8 Å². The first kappa shape index (κ1) is 53.6. The Morgan fingerprint density at radius 2 is 0.855 bits per heavy atom. The van der Waals surface area contributed by atoms with E-state index in [1.54, 1.807) is 0 Å². The fourth-order valence-electron chi connectivity index (χ4n) is 7.51. The number of carbonyl (C=O) groups is 2. The van der Waals surface area contributed by atoms with Crippen molar-refractivity contribution in [1.82, 2.24) is 5.32 Å². The van der Waals surface area contributed by atoms with E-state index in [2.05, 4.69) is 31.3 Å². The maximum atomic E-state index is 12.4. The van der Waals surface area contributed by atoms with Crippen molar-refractivity contribution in [2.45, 2.75) is 276 Å². The van der Waals surface area contributed by atoms with Gasteiger partial charge in [-0.15, -0.1) is 0 Å². The highest BCUT2D eigenvalue weighted by Crippen LogP contribution is 2.16. The second kappa shape index (κ2) is 45.3. The summed E-state index contributed by atoms with van der Waals surface area (Å²) >= 11 is 0. The molecule has 3 N–H and O–H groups in total. The Labute approximate surface area is 342 Å². The molecule has 0 bridgehead atoms. The molecule has 0 radical (unpaired) electrons. The van der Waals surface area contributed by atoms with Crippen molar-refractivity contribution in [3.8, 4) is 0 Å². The largest absolute Gasteiger partial charge is 0.466 e. The minimum Gasteiger partial charge on any atom is -0.466 e. The van der Waals surface area contributed by atoms with Gasteiger partial charge >= 0.3 is 5.97 Å².